The first kappa shape index (κ1) is 10.5. The van der Waals surface area contributed by atoms with E-state index in [-0.39, 0.29) is 6.61 Å². The number of aliphatic hydroxyl groups is 1. The van der Waals surface area contributed by atoms with Crippen molar-refractivity contribution in [1.29, 1.82) is 0 Å². The molecule has 0 unspecified atom stereocenters. The van der Waals surface area contributed by atoms with Gasteiger partial charge in [0.05, 0.1) is 0 Å². The van der Waals surface area contributed by atoms with Crippen molar-refractivity contribution in [2.24, 2.45) is 0 Å². The van der Waals surface area contributed by atoms with Gasteiger partial charge in [0.25, 0.3) is 0 Å². The van der Waals surface area contributed by atoms with Crippen LogP contribution in [0.3, 0.4) is 0 Å². The summed E-state index contributed by atoms with van der Waals surface area (Å²) in [5.41, 5.74) is 3.55. The van der Waals surface area contributed by atoms with Crippen LogP contribution in [0.25, 0.3) is 0 Å². The van der Waals surface area contributed by atoms with Crippen LogP contribution in [0.15, 0.2) is 12.1 Å². The Morgan fingerprint density at radius 1 is 1.00 bits per heavy atom. The number of hydrogen-bond donors (Lipinski definition) is 2. The van der Waals surface area contributed by atoms with Gasteiger partial charge < -0.3 is 10.2 Å². The van der Waals surface area contributed by atoms with E-state index < -0.39 is 0 Å². The Morgan fingerprint density at radius 3 is 2.33 bits per heavy atom. The highest BCUT2D eigenvalue weighted by atomic mass is 16.3. The fourth-order valence-electron chi connectivity index (χ4n) is 2.32. The molecule has 0 radical (unpaired) electrons. The Morgan fingerprint density at radius 2 is 1.67 bits per heavy atom. The molecule has 2 heteroatoms. The number of aromatic hydroxyl groups is 1. The molecule has 0 heterocycles. The van der Waals surface area contributed by atoms with Crippen LogP contribution in [-0.4, -0.2) is 16.8 Å². The van der Waals surface area contributed by atoms with Gasteiger partial charge in [0, 0.05) is 6.61 Å². The van der Waals surface area contributed by atoms with Crippen molar-refractivity contribution >= 4 is 0 Å². The van der Waals surface area contributed by atoms with Crippen LogP contribution in [0.5, 0.6) is 5.75 Å². The third kappa shape index (κ3) is 2.32. The second-order valence-corrected chi connectivity index (χ2v) is 4.28. The largest absolute Gasteiger partial charge is 0.508 e. The van der Waals surface area contributed by atoms with Crippen molar-refractivity contribution in [2.45, 2.75) is 38.5 Å². The number of fused-ring (bicyclic) bond motifs is 1. The Labute approximate surface area is 90.6 Å². The predicted octanol–water partition coefficient (Wildman–Crippen LogP) is 2.20. The molecule has 0 aliphatic heterocycles. The highest BCUT2D eigenvalue weighted by molar-refractivity contribution is 5.42. The lowest BCUT2D eigenvalue weighted by atomic mass is 9.98. The average Bonchev–Trinajstić information content (AvgIpc) is 2.44. The first-order valence-corrected chi connectivity index (χ1v) is 5.76. The molecule has 0 saturated carbocycles. The quantitative estimate of drug-likeness (QED) is 0.728. The number of rotatable bonds is 2. The maximum Gasteiger partial charge on any atom is 0.119 e. The van der Waals surface area contributed by atoms with E-state index in [9.17, 15) is 5.11 Å². The van der Waals surface area contributed by atoms with E-state index >= 15 is 0 Å². The van der Waals surface area contributed by atoms with Crippen LogP contribution in [0.2, 0.25) is 0 Å². The smallest absolute Gasteiger partial charge is 0.119 e. The molecular formula is C13H18O2. The van der Waals surface area contributed by atoms with Gasteiger partial charge in [-0.3, -0.25) is 0 Å². The van der Waals surface area contributed by atoms with Crippen molar-refractivity contribution < 1.29 is 10.2 Å². The molecule has 0 fully saturated rings. The third-order valence-electron chi connectivity index (χ3n) is 3.17. The highest BCUT2D eigenvalue weighted by Gasteiger charge is 2.11. The van der Waals surface area contributed by atoms with Gasteiger partial charge in [-0.15, -0.1) is 0 Å². The van der Waals surface area contributed by atoms with Crippen LogP contribution >= 0.6 is 0 Å². The van der Waals surface area contributed by atoms with Crippen LogP contribution in [0.1, 0.15) is 36.0 Å². The predicted molar refractivity (Wildman–Crippen MR) is 60.2 cm³/mol. The molecular weight excluding hydrogens is 188 g/mol. The fraction of sp³-hybridized carbons (Fsp3) is 0.538. The van der Waals surface area contributed by atoms with Gasteiger partial charge >= 0.3 is 0 Å². The van der Waals surface area contributed by atoms with E-state index in [2.05, 4.69) is 6.07 Å². The first-order valence-electron chi connectivity index (χ1n) is 5.76. The van der Waals surface area contributed by atoms with Crippen LogP contribution in [-0.2, 0) is 19.3 Å². The zero-order valence-corrected chi connectivity index (χ0v) is 9.00. The molecule has 0 bridgehead atoms. The minimum atomic E-state index is 0.104. The Kier molecular flexibility index (Phi) is 3.27. The van der Waals surface area contributed by atoms with Gasteiger partial charge in [0.15, 0.2) is 0 Å². The van der Waals surface area contributed by atoms with Crippen LogP contribution in [0.4, 0.5) is 0 Å². The summed E-state index contributed by atoms with van der Waals surface area (Å²) in [6.07, 6.45) is 6.52. The molecule has 1 aromatic rings. The van der Waals surface area contributed by atoms with Crippen molar-refractivity contribution in [3.8, 4) is 5.75 Å². The van der Waals surface area contributed by atoms with E-state index in [1.165, 1.54) is 30.4 Å². The van der Waals surface area contributed by atoms with Gasteiger partial charge in [-0.1, -0.05) is 12.5 Å². The summed E-state index contributed by atoms with van der Waals surface area (Å²) in [5.74, 6) is 0.352. The molecule has 1 aliphatic rings. The third-order valence-corrected chi connectivity index (χ3v) is 3.17. The summed E-state index contributed by atoms with van der Waals surface area (Å²) in [4.78, 5) is 0. The lowest BCUT2D eigenvalue weighted by Gasteiger charge is -2.10. The summed E-state index contributed by atoms with van der Waals surface area (Å²) in [5, 5.41) is 18.7. The normalized spacial score (nSPS) is 15.8. The fourth-order valence-corrected chi connectivity index (χ4v) is 2.32. The van der Waals surface area contributed by atoms with E-state index in [1.807, 2.05) is 6.07 Å². The van der Waals surface area contributed by atoms with Gasteiger partial charge in [-0.05, 0) is 54.9 Å². The Hall–Kier alpha value is -1.02. The molecule has 2 nitrogen and oxygen atoms in total. The van der Waals surface area contributed by atoms with E-state index in [4.69, 9.17) is 5.11 Å². The summed E-state index contributed by atoms with van der Waals surface area (Å²) < 4.78 is 0. The van der Waals surface area contributed by atoms with Gasteiger partial charge in [-0.2, -0.15) is 0 Å². The zero-order chi connectivity index (χ0) is 10.7. The number of benzene rings is 1. The van der Waals surface area contributed by atoms with E-state index in [0.717, 1.165) is 18.4 Å². The standard InChI is InChI=1S/C13H18O2/c14-7-6-12-8-10-4-2-1-3-5-11(10)9-13(12)15/h8-9,14-15H,1-7H2. The van der Waals surface area contributed by atoms with Crippen LogP contribution < -0.4 is 0 Å². The van der Waals surface area contributed by atoms with E-state index in [0.29, 0.717) is 12.2 Å². The van der Waals surface area contributed by atoms with Crippen molar-refractivity contribution in [3.05, 3.63) is 28.8 Å². The lowest BCUT2D eigenvalue weighted by Crippen LogP contribution is -1.97. The maximum absolute atomic E-state index is 9.78. The number of aliphatic hydroxyl groups excluding tert-OH is 1. The van der Waals surface area contributed by atoms with Gasteiger partial charge in [0.1, 0.15) is 5.75 Å². The lowest BCUT2D eigenvalue weighted by molar-refractivity contribution is 0.297. The van der Waals surface area contributed by atoms with Crippen molar-refractivity contribution in [2.75, 3.05) is 6.61 Å². The van der Waals surface area contributed by atoms with Crippen molar-refractivity contribution in [1.82, 2.24) is 0 Å². The zero-order valence-electron chi connectivity index (χ0n) is 9.00. The second kappa shape index (κ2) is 4.67. The molecule has 0 atom stereocenters. The number of phenolic OH excluding ortho intramolecular Hbond substituents is 1. The molecule has 0 amide bonds. The average molecular weight is 206 g/mol. The molecule has 1 aromatic carbocycles. The van der Waals surface area contributed by atoms with Crippen molar-refractivity contribution in [3.63, 3.8) is 0 Å². The molecule has 82 valence electrons. The summed E-state index contributed by atoms with van der Waals surface area (Å²) >= 11 is 0. The minimum absolute atomic E-state index is 0.104. The molecule has 15 heavy (non-hydrogen) atoms. The monoisotopic (exact) mass is 206 g/mol. The topological polar surface area (TPSA) is 40.5 Å². The number of hydrogen-bond acceptors (Lipinski definition) is 2. The van der Waals surface area contributed by atoms with Gasteiger partial charge in [0.2, 0.25) is 0 Å². The minimum Gasteiger partial charge on any atom is -0.508 e. The number of phenols is 1. The van der Waals surface area contributed by atoms with Gasteiger partial charge in [-0.25, -0.2) is 0 Å². The highest BCUT2D eigenvalue weighted by Crippen LogP contribution is 2.28. The summed E-state index contributed by atoms with van der Waals surface area (Å²) in [6, 6.07) is 3.97. The maximum atomic E-state index is 9.78. The Balaban J connectivity index is 2.33. The van der Waals surface area contributed by atoms with Crippen LogP contribution in [0, 0.1) is 0 Å². The Bertz CT molecular complexity index is 345. The number of aryl methyl sites for hydroxylation is 2. The first-order chi connectivity index (χ1) is 7.31. The SMILES string of the molecule is OCCc1cc2c(cc1O)CCCCC2. The molecule has 0 saturated heterocycles. The van der Waals surface area contributed by atoms with E-state index in [1.54, 1.807) is 0 Å². The molecule has 2 N–H and O–H groups in total. The molecule has 0 spiro atoms. The summed E-state index contributed by atoms with van der Waals surface area (Å²) in [6.45, 7) is 0.104. The molecule has 0 aromatic heterocycles. The molecule has 2 rings (SSSR count). The molecule has 1 aliphatic carbocycles. The summed E-state index contributed by atoms with van der Waals surface area (Å²) in [7, 11) is 0. The second-order valence-electron chi connectivity index (χ2n) is 4.28.